The number of hydrogen-bond acceptors (Lipinski definition) is 1. The first-order chi connectivity index (χ1) is 10.4. The SMILES string of the molecule is [CH2]c1ccc2nccc(Cc3ccc(C(F)(F)F)cc3)c2c1. The molecule has 3 rings (SSSR count). The number of fused-ring (bicyclic) bond motifs is 1. The average molecular weight is 300 g/mol. The molecule has 0 aliphatic heterocycles. The summed E-state index contributed by atoms with van der Waals surface area (Å²) in [7, 11) is 0. The number of benzene rings is 2. The van der Waals surface area contributed by atoms with Gasteiger partial charge in [-0.05, 0) is 60.4 Å². The number of nitrogens with zero attached hydrogens (tertiary/aromatic N) is 1. The van der Waals surface area contributed by atoms with Crippen molar-refractivity contribution in [2.45, 2.75) is 12.6 Å². The van der Waals surface area contributed by atoms with Gasteiger partial charge in [-0.25, -0.2) is 0 Å². The maximum atomic E-state index is 12.6. The van der Waals surface area contributed by atoms with Crippen LogP contribution in [-0.4, -0.2) is 4.98 Å². The zero-order valence-electron chi connectivity index (χ0n) is 11.7. The van der Waals surface area contributed by atoms with Crippen LogP contribution in [0, 0.1) is 6.92 Å². The van der Waals surface area contributed by atoms with Crippen LogP contribution in [0.4, 0.5) is 13.2 Å². The van der Waals surface area contributed by atoms with Crippen LogP contribution >= 0.6 is 0 Å². The molecule has 0 amide bonds. The van der Waals surface area contributed by atoms with Gasteiger partial charge in [0.1, 0.15) is 0 Å². The molecule has 0 bridgehead atoms. The van der Waals surface area contributed by atoms with E-state index in [9.17, 15) is 13.2 Å². The molecule has 1 aromatic heterocycles. The van der Waals surface area contributed by atoms with Gasteiger partial charge in [-0.15, -0.1) is 0 Å². The Morgan fingerprint density at radius 1 is 0.955 bits per heavy atom. The standard InChI is InChI=1S/C18H13F3N/c1-12-2-7-17-16(10-12)14(8-9-22-17)11-13-3-5-15(6-4-13)18(19,20)21/h2-10H,1,11H2. The summed E-state index contributed by atoms with van der Waals surface area (Å²) >= 11 is 0. The van der Waals surface area contributed by atoms with Gasteiger partial charge in [0, 0.05) is 11.6 Å². The Balaban J connectivity index is 1.95. The van der Waals surface area contributed by atoms with Crippen LogP contribution < -0.4 is 0 Å². The molecular formula is C18H13F3N. The largest absolute Gasteiger partial charge is 0.416 e. The highest BCUT2D eigenvalue weighted by Gasteiger charge is 2.29. The van der Waals surface area contributed by atoms with Crippen molar-refractivity contribution in [2.75, 3.05) is 0 Å². The molecule has 22 heavy (non-hydrogen) atoms. The Hall–Kier alpha value is -2.36. The fraction of sp³-hybridized carbons (Fsp3) is 0.111. The number of aromatic nitrogens is 1. The molecular weight excluding hydrogens is 287 g/mol. The predicted molar refractivity (Wildman–Crippen MR) is 80.5 cm³/mol. The molecule has 4 heteroatoms. The molecule has 111 valence electrons. The lowest BCUT2D eigenvalue weighted by Gasteiger charge is -2.09. The van der Waals surface area contributed by atoms with Crippen LogP contribution in [0.2, 0.25) is 0 Å². The summed E-state index contributed by atoms with van der Waals surface area (Å²) in [5.74, 6) is 0. The Morgan fingerprint density at radius 2 is 1.68 bits per heavy atom. The summed E-state index contributed by atoms with van der Waals surface area (Å²) in [5.41, 5.74) is 2.96. The number of halogens is 3. The first-order valence-corrected chi connectivity index (χ1v) is 6.79. The number of rotatable bonds is 2. The van der Waals surface area contributed by atoms with E-state index in [4.69, 9.17) is 0 Å². The summed E-state index contributed by atoms with van der Waals surface area (Å²) in [6.07, 6.45) is -2.03. The van der Waals surface area contributed by atoms with Crippen LogP contribution in [-0.2, 0) is 12.6 Å². The van der Waals surface area contributed by atoms with Crippen LogP contribution in [0.15, 0.2) is 54.7 Å². The number of hydrogen-bond donors (Lipinski definition) is 0. The molecule has 0 fully saturated rings. The lowest BCUT2D eigenvalue weighted by molar-refractivity contribution is -0.137. The van der Waals surface area contributed by atoms with Crippen molar-refractivity contribution in [3.63, 3.8) is 0 Å². The molecule has 0 unspecified atom stereocenters. The van der Waals surface area contributed by atoms with Gasteiger partial charge in [0.05, 0.1) is 11.1 Å². The second-order valence-electron chi connectivity index (χ2n) is 5.19. The average Bonchev–Trinajstić information content (AvgIpc) is 2.47. The molecule has 1 heterocycles. The molecule has 0 spiro atoms. The summed E-state index contributed by atoms with van der Waals surface area (Å²) in [6.45, 7) is 3.90. The highest BCUT2D eigenvalue weighted by Crippen LogP contribution is 2.29. The summed E-state index contributed by atoms with van der Waals surface area (Å²) < 4.78 is 37.8. The Morgan fingerprint density at radius 3 is 2.36 bits per heavy atom. The van der Waals surface area contributed by atoms with E-state index in [1.54, 1.807) is 6.20 Å². The van der Waals surface area contributed by atoms with Gasteiger partial charge in [0.2, 0.25) is 0 Å². The monoisotopic (exact) mass is 300 g/mol. The van der Waals surface area contributed by atoms with Gasteiger partial charge in [-0.3, -0.25) is 4.98 Å². The molecule has 2 aromatic carbocycles. The molecule has 3 aromatic rings. The van der Waals surface area contributed by atoms with Crippen molar-refractivity contribution in [3.8, 4) is 0 Å². The zero-order valence-corrected chi connectivity index (χ0v) is 11.7. The van der Waals surface area contributed by atoms with Crippen molar-refractivity contribution < 1.29 is 13.2 Å². The van der Waals surface area contributed by atoms with Crippen LogP contribution in [0.5, 0.6) is 0 Å². The molecule has 0 N–H and O–H groups in total. The minimum atomic E-state index is -4.30. The van der Waals surface area contributed by atoms with E-state index in [-0.39, 0.29) is 0 Å². The summed E-state index contributed by atoms with van der Waals surface area (Å²) in [6, 6.07) is 12.9. The molecule has 0 aliphatic rings. The minimum Gasteiger partial charge on any atom is -0.256 e. The van der Waals surface area contributed by atoms with Crippen molar-refractivity contribution >= 4 is 10.9 Å². The number of pyridine rings is 1. The third-order valence-corrected chi connectivity index (χ3v) is 3.57. The molecule has 1 radical (unpaired) electrons. The molecule has 0 aliphatic carbocycles. The molecule has 1 nitrogen and oxygen atoms in total. The van der Waals surface area contributed by atoms with E-state index >= 15 is 0 Å². The number of alkyl halides is 3. The first kappa shape index (κ1) is 14.6. The highest BCUT2D eigenvalue weighted by atomic mass is 19.4. The van der Waals surface area contributed by atoms with Gasteiger partial charge in [-0.1, -0.05) is 18.2 Å². The summed E-state index contributed by atoms with van der Waals surface area (Å²) in [5, 5.41) is 0.981. The third-order valence-electron chi connectivity index (χ3n) is 3.57. The van der Waals surface area contributed by atoms with Crippen LogP contribution in [0.3, 0.4) is 0 Å². The van der Waals surface area contributed by atoms with Crippen molar-refractivity contribution in [1.82, 2.24) is 4.98 Å². The van der Waals surface area contributed by atoms with Gasteiger partial charge >= 0.3 is 6.18 Å². The zero-order chi connectivity index (χ0) is 15.7. The Bertz CT molecular complexity index is 805. The fourth-order valence-electron chi connectivity index (χ4n) is 2.44. The van der Waals surface area contributed by atoms with E-state index in [0.29, 0.717) is 6.42 Å². The Labute approximate surface area is 126 Å². The maximum Gasteiger partial charge on any atom is 0.416 e. The van der Waals surface area contributed by atoms with Crippen molar-refractivity contribution in [3.05, 3.63) is 83.9 Å². The molecule has 0 saturated heterocycles. The normalized spacial score (nSPS) is 11.8. The maximum absolute atomic E-state index is 12.6. The van der Waals surface area contributed by atoms with Gasteiger partial charge < -0.3 is 0 Å². The van der Waals surface area contributed by atoms with E-state index in [0.717, 1.165) is 39.7 Å². The quantitative estimate of drug-likeness (QED) is 0.647. The Kier molecular flexibility index (Phi) is 3.61. The van der Waals surface area contributed by atoms with Gasteiger partial charge in [0.25, 0.3) is 0 Å². The molecule has 0 saturated carbocycles. The second kappa shape index (κ2) is 5.44. The topological polar surface area (TPSA) is 12.9 Å². The highest BCUT2D eigenvalue weighted by molar-refractivity contribution is 5.83. The minimum absolute atomic E-state index is 0.556. The van der Waals surface area contributed by atoms with E-state index in [1.165, 1.54) is 12.1 Å². The second-order valence-corrected chi connectivity index (χ2v) is 5.19. The lowest BCUT2D eigenvalue weighted by atomic mass is 9.99. The lowest BCUT2D eigenvalue weighted by Crippen LogP contribution is -2.04. The van der Waals surface area contributed by atoms with Crippen molar-refractivity contribution in [1.29, 1.82) is 0 Å². The smallest absolute Gasteiger partial charge is 0.256 e. The summed E-state index contributed by atoms with van der Waals surface area (Å²) in [4.78, 5) is 4.29. The van der Waals surface area contributed by atoms with Crippen molar-refractivity contribution in [2.24, 2.45) is 0 Å². The van der Waals surface area contributed by atoms with Crippen LogP contribution in [0.1, 0.15) is 22.3 Å². The third kappa shape index (κ3) is 2.96. The fourth-order valence-corrected chi connectivity index (χ4v) is 2.44. The predicted octanol–water partition coefficient (Wildman–Crippen LogP) is 5.03. The first-order valence-electron chi connectivity index (χ1n) is 6.79. The molecule has 0 atom stereocenters. The van der Waals surface area contributed by atoms with Gasteiger partial charge in [0.15, 0.2) is 0 Å². The van der Waals surface area contributed by atoms with E-state index < -0.39 is 11.7 Å². The van der Waals surface area contributed by atoms with Crippen LogP contribution in [0.25, 0.3) is 10.9 Å². The van der Waals surface area contributed by atoms with Gasteiger partial charge in [-0.2, -0.15) is 13.2 Å². The van der Waals surface area contributed by atoms with E-state index in [1.807, 2.05) is 24.3 Å². The van der Waals surface area contributed by atoms with E-state index in [2.05, 4.69) is 11.9 Å².